The maximum Gasteiger partial charge on any atom is 0.265 e. The molecule has 0 bridgehead atoms. The number of nitrogens with two attached hydrogens (primary N) is 1. The third kappa shape index (κ3) is 3.28. The second-order valence-corrected chi connectivity index (χ2v) is 6.67. The summed E-state index contributed by atoms with van der Waals surface area (Å²) >= 11 is 0. The average Bonchev–Trinajstić information content (AvgIpc) is 3.18. The van der Waals surface area contributed by atoms with E-state index in [1.165, 1.54) is 6.07 Å². The normalized spacial score (nSPS) is 15.0. The van der Waals surface area contributed by atoms with E-state index in [2.05, 4.69) is 10.2 Å². The molecule has 3 N–H and O–H groups in total. The van der Waals surface area contributed by atoms with Gasteiger partial charge in [0.05, 0.1) is 28.7 Å². The first-order valence-electron chi connectivity index (χ1n) is 9.29. The fourth-order valence-electron chi connectivity index (χ4n) is 3.58. The summed E-state index contributed by atoms with van der Waals surface area (Å²) in [5.41, 5.74) is 7.44. The van der Waals surface area contributed by atoms with Crippen molar-refractivity contribution in [2.75, 3.05) is 6.61 Å². The van der Waals surface area contributed by atoms with E-state index >= 15 is 0 Å². The lowest BCUT2D eigenvalue weighted by atomic mass is 9.82. The largest absolute Gasteiger partial charge is 0.865 e. The van der Waals surface area contributed by atoms with Crippen molar-refractivity contribution in [1.29, 1.82) is 5.26 Å². The van der Waals surface area contributed by atoms with Crippen LogP contribution in [0.1, 0.15) is 24.0 Å². The van der Waals surface area contributed by atoms with Crippen LogP contribution in [-0.2, 0) is 0 Å². The zero-order valence-electron chi connectivity index (χ0n) is 16.3. The van der Waals surface area contributed by atoms with Crippen LogP contribution in [0.25, 0.3) is 11.3 Å². The van der Waals surface area contributed by atoms with Gasteiger partial charge in [-0.1, -0.05) is 30.3 Å². The molecule has 0 fully saturated rings. The minimum absolute atomic E-state index is 0.0430. The van der Waals surface area contributed by atoms with Gasteiger partial charge in [-0.05, 0) is 24.1 Å². The number of nitrogens with one attached hydrogen (secondary N) is 1. The van der Waals surface area contributed by atoms with Gasteiger partial charge in [-0.2, -0.15) is 5.26 Å². The number of nitro benzene ring substituents is 1. The predicted octanol–water partition coefficient (Wildman–Crippen LogP) is 2.68. The average molecular weight is 418 g/mol. The van der Waals surface area contributed by atoms with Crippen LogP contribution in [0.4, 0.5) is 5.69 Å². The highest BCUT2D eigenvalue weighted by Gasteiger charge is 2.36. The highest BCUT2D eigenvalue weighted by atomic mass is 16.6. The highest BCUT2D eigenvalue weighted by Crippen LogP contribution is 2.48. The number of H-pyrrole nitrogens is 1. The summed E-state index contributed by atoms with van der Waals surface area (Å²) in [5.74, 6) is -1.90. The lowest BCUT2D eigenvalue weighted by molar-refractivity contribution is -0.398. The van der Waals surface area contributed by atoms with E-state index < -0.39 is 22.3 Å². The molecule has 2 heterocycles. The molecule has 4 rings (SSSR count). The Balaban J connectivity index is 2.00. The molecule has 0 aliphatic carbocycles. The summed E-state index contributed by atoms with van der Waals surface area (Å²) in [6.07, 6.45) is 0. The van der Waals surface area contributed by atoms with E-state index in [1.54, 1.807) is 6.92 Å². The van der Waals surface area contributed by atoms with Crippen molar-refractivity contribution >= 4 is 5.69 Å². The molecule has 1 aliphatic heterocycles. The van der Waals surface area contributed by atoms with Crippen molar-refractivity contribution in [3.8, 4) is 34.7 Å². The topological polar surface area (TPSA) is 163 Å². The molecular weight excluding hydrogens is 402 g/mol. The number of rotatable bonds is 5. The molecule has 10 heteroatoms. The molecule has 31 heavy (non-hydrogen) atoms. The van der Waals surface area contributed by atoms with Crippen LogP contribution >= 0.6 is 0 Å². The van der Waals surface area contributed by atoms with E-state index in [4.69, 9.17) is 15.2 Å². The van der Waals surface area contributed by atoms with Gasteiger partial charge in [-0.15, -0.1) is 5.10 Å². The van der Waals surface area contributed by atoms with Gasteiger partial charge in [0.2, 0.25) is 11.8 Å². The fourth-order valence-corrected chi connectivity index (χ4v) is 3.58. The number of nitro groups is 1. The van der Waals surface area contributed by atoms with Gasteiger partial charge in [-0.3, -0.25) is 15.2 Å². The molecule has 0 amide bonds. The van der Waals surface area contributed by atoms with Crippen molar-refractivity contribution in [2.24, 2.45) is 5.73 Å². The van der Waals surface area contributed by atoms with Gasteiger partial charge in [0.15, 0.2) is 0 Å². The van der Waals surface area contributed by atoms with Crippen molar-refractivity contribution in [1.82, 2.24) is 10.2 Å². The Labute approximate surface area is 176 Å². The fraction of sp³-hybridized carbons (Fsp3) is 0.143. The van der Waals surface area contributed by atoms with Crippen LogP contribution in [0.15, 0.2) is 53.9 Å². The number of benzene rings is 2. The van der Waals surface area contributed by atoms with Crippen molar-refractivity contribution in [3.05, 3.63) is 75.2 Å². The third-order valence-corrected chi connectivity index (χ3v) is 4.89. The highest BCUT2D eigenvalue weighted by molar-refractivity contribution is 5.72. The molecule has 1 aliphatic rings. The molecule has 0 unspecified atom stereocenters. The lowest BCUT2D eigenvalue weighted by Crippen LogP contribution is -2.21. The number of aromatic amines is 1. The van der Waals surface area contributed by atoms with Gasteiger partial charge >= 0.3 is 0 Å². The second kappa shape index (κ2) is 7.72. The van der Waals surface area contributed by atoms with Crippen molar-refractivity contribution in [2.45, 2.75) is 12.8 Å². The minimum atomic E-state index is -0.860. The van der Waals surface area contributed by atoms with Crippen LogP contribution in [-0.4, -0.2) is 21.7 Å². The van der Waals surface area contributed by atoms with Crippen LogP contribution < -0.4 is 20.3 Å². The Kier molecular flexibility index (Phi) is 4.92. The monoisotopic (exact) mass is 418 g/mol. The molecule has 156 valence electrons. The van der Waals surface area contributed by atoms with Crippen LogP contribution in [0, 0.1) is 21.4 Å². The number of nitrogens with zero attached hydrogens (tertiary/aromatic N) is 3. The summed E-state index contributed by atoms with van der Waals surface area (Å²) in [7, 11) is 0. The zero-order chi connectivity index (χ0) is 22.1. The lowest BCUT2D eigenvalue weighted by Gasteiger charge is -2.25. The number of allylic oxidation sites excluding steroid dienone is 1. The Morgan fingerprint density at radius 2 is 2.10 bits per heavy atom. The molecule has 2 aromatic carbocycles. The van der Waals surface area contributed by atoms with Crippen molar-refractivity contribution < 1.29 is 19.5 Å². The standard InChI is InChI=1S/C21H17N5O5/c1-2-30-15-9-12(8-14(19(15)27)26(28)29)16-13(10-22)20(23)31-21-17(16)18(24-25-21)11-6-4-3-5-7-11/h3-9,16,27H,2,23H2,1H3,(H,24,25)/p-1/t16-/m0/s1. The number of ether oxygens (including phenoxy) is 2. The van der Waals surface area contributed by atoms with E-state index in [1.807, 2.05) is 36.4 Å². The maximum atomic E-state index is 12.4. The smallest absolute Gasteiger partial charge is 0.265 e. The molecule has 3 aromatic rings. The molecule has 1 atom stereocenters. The predicted molar refractivity (Wildman–Crippen MR) is 107 cm³/mol. The molecule has 1 aromatic heterocycles. The van der Waals surface area contributed by atoms with Gasteiger partial charge < -0.3 is 20.3 Å². The summed E-state index contributed by atoms with van der Waals surface area (Å²) in [6, 6.07) is 13.8. The van der Waals surface area contributed by atoms with Crippen molar-refractivity contribution in [3.63, 3.8) is 0 Å². The molecule has 0 spiro atoms. The van der Waals surface area contributed by atoms with Crippen LogP contribution in [0.2, 0.25) is 0 Å². The van der Waals surface area contributed by atoms with Gasteiger partial charge in [-0.25, -0.2) is 0 Å². The molecule has 0 radical (unpaired) electrons. The van der Waals surface area contributed by atoms with E-state index in [0.29, 0.717) is 11.3 Å². The molecule has 0 saturated heterocycles. The number of hydrogen-bond donors (Lipinski definition) is 2. The molecular formula is C21H16N5O5-. The number of nitriles is 1. The Morgan fingerprint density at radius 3 is 2.74 bits per heavy atom. The van der Waals surface area contributed by atoms with Gasteiger partial charge in [0.1, 0.15) is 17.4 Å². The SMILES string of the molecule is CCOc1cc([C@H]2C(C#N)=C(N)Oc3n[nH]c(-c4ccccc4)c32)cc([N+](=O)[O-])c1[O-]. The molecule has 10 nitrogen and oxygen atoms in total. The zero-order valence-corrected chi connectivity index (χ0v) is 16.3. The second-order valence-electron chi connectivity index (χ2n) is 6.67. The minimum Gasteiger partial charge on any atom is -0.865 e. The summed E-state index contributed by atoms with van der Waals surface area (Å²) in [5, 5.41) is 40.8. The number of hydrogen-bond acceptors (Lipinski definition) is 8. The van der Waals surface area contributed by atoms with E-state index in [0.717, 1.165) is 11.6 Å². The Morgan fingerprint density at radius 1 is 1.35 bits per heavy atom. The van der Waals surface area contributed by atoms with Crippen LogP contribution in [0.3, 0.4) is 0 Å². The quantitative estimate of drug-likeness (QED) is 0.472. The van der Waals surface area contributed by atoms with E-state index in [9.17, 15) is 20.5 Å². The number of fused-ring (bicyclic) bond motifs is 1. The van der Waals surface area contributed by atoms with Gasteiger partial charge in [0, 0.05) is 11.8 Å². The summed E-state index contributed by atoms with van der Waals surface area (Å²) in [6.45, 7) is 1.80. The third-order valence-electron chi connectivity index (χ3n) is 4.89. The van der Waals surface area contributed by atoms with E-state index in [-0.39, 0.29) is 35.3 Å². The van der Waals surface area contributed by atoms with Crippen LogP contribution in [0.5, 0.6) is 17.4 Å². The first-order chi connectivity index (χ1) is 15.0. The Bertz CT molecular complexity index is 1240. The summed E-state index contributed by atoms with van der Waals surface area (Å²) < 4.78 is 10.9. The first-order valence-corrected chi connectivity index (χ1v) is 9.29. The first kappa shape index (κ1) is 19.8. The molecule has 0 saturated carbocycles. The summed E-state index contributed by atoms with van der Waals surface area (Å²) in [4.78, 5) is 10.7. The Hall–Kier alpha value is -4.52. The number of aromatic nitrogens is 2. The maximum absolute atomic E-state index is 12.4. The van der Waals surface area contributed by atoms with Gasteiger partial charge in [0.25, 0.3) is 5.69 Å².